The molecule has 4 fully saturated rings. The highest BCUT2D eigenvalue weighted by Crippen LogP contribution is 2.79. The molecule has 4 aliphatic carbocycles. The largest absolute Gasteiger partial charge is 0.454 e. The van der Waals surface area contributed by atoms with Gasteiger partial charge in [-0.15, -0.1) is 0 Å². The molecule has 2 heteroatoms. The van der Waals surface area contributed by atoms with Crippen LogP contribution in [0.4, 0.5) is 0 Å². The van der Waals surface area contributed by atoms with Crippen LogP contribution in [0.1, 0.15) is 60.3 Å². The minimum Gasteiger partial charge on any atom is -0.454 e. The highest BCUT2D eigenvalue weighted by molar-refractivity contribution is 5.83. The molecule has 0 aromatic heterocycles. The quantitative estimate of drug-likeness (QED) is 0.467. The van der Waals surface area contributed by atoms with Crippen molar-refractivity contribution in [3.05, 3.63) is 23.8 Å². The van der Waals surface area contributed by atoms with Crippen molar-refractivity contribution in [2.75, 3.05) is 0 Å². The minimum absolute atomic E-state index is 0.0675. The van der Waals surface area contributed by atoms with Gasteiger partial charge in [-0.3, -0.25) is 4.79 Å². The maximum Gasteiger partial charge on any atom is 0.313 e. The number of allylic oxidation sites excluding steroid dienone is 2. The third-order valence-corrected chi connectivity index (χ3v) is 9.64. The monoisotopic (exact) mass is 326 g/mol. The van der Waals surface area contributed by atoms with Crippen LogP contribution < -0.4 is 0 Å². The summed E-state index contributed by atoms with van der Waals surface area (Å²) in [6.07, 6.45) is 6.93. The summed E-state index contributed by atoms with van der Waals surface area (Å²) in [7, 11) is 0. The lowest BCUT2D eigenvalue weighted by molar-refractivity contribution is -0.152. The number of carbonyl (C=O) groups excluding carboxylic acids is 1. The highest BCUT2D eigenvalue weighted by atomic mass is 16.6. The van der Waals surface area contributed by atoms with Crippen LogP contribution in [0.3, 0.4) is 0 Å². The Hall–Kier alpha value is -1.05. The number of hydrogen-bond acceptors (Lipinski definition) is 2. The summed E-state index contributed by atoms with van der Waals surface area (Å²) in [6.45, 7) is 16.1. The van der Waals surface area contributed by atoms with Gasteiger partial charge < -0.3 is 4.74 Å². The Labute approximate surface area is 145 Å². The number of hydrogen-bond donors (Lipinski definition) is 0. The van der Waals surface area contributed by atoms with Crippen LogP contribution in [0, 0.1) is 39.9 Å². The SMILES string of the molecule is C=C1C[C@]23C[C@@]1(C)C(C)C=C2[C@@]12CCC(C)[C@@](C)(C(=O)O1)C2[C@@H]3C. The van der Waals surface area contributed by atoms with Gasteiger partial charge in [0.05, 0.1) is 5.41 Å². The van der Waals surface area contributed by atoms with Crippen LogP contribution in [0.15, 0.2) is 23.8 Å². The lowest BCUT2D eigenvalue weighted by atomic mass is 9.56. The summed E-state index contributed by atoms with van der Waals surface area (Å²) >= 11 is 0. The molecule has 1 saturated heterocycles. The van der Waals surface area contributed by atoms with Crippen LogP contribution in [-0.2, 0) is 9.53 Å². The van der Waals surface area contributed by atoms with Crippen molar-refractivity contribution >= 4 is 5.97 Å². The molecule has 3 unspecified atom stereocenters. The summed E-state index contributed by atoms with van der Waals surface area (Å²) in [5, 5.41) is 0. The van der Waals surface area contributed by atoms with Crippen LogP contribution in [0.5, 0.6) is 0 Å². The van der Waals surface area contributed by atoms with E-state index in [0.717, 1.165) is 19.3 Å². The first-order valence-corrected chi connectivity index (χ1v) is 9.77. The van der Waals surface area contributed by atoms with E-state index >= 15 is 0 Å². The fourth-order valence-corrected chi connectivity index (χ4v) is 7.82. The van der Waals surface area contributed by atoms with E-state index in [1.807, 2.05) is 0 Å². The number of esters is 1. The Morgan fingerprint density at radius 1 is 1.25 bits per heavy atom. The molecular formula is C22H30O2. The molecule has 0 N–H and O–H groups in total. The van der Waals surface area contributed by atoms with Gasteiger partial charge in [0.2, 0.25) is 0 Å². The maximum atomic E-state index is 13.0. The molecule has 1 heterocycles. The highest BCUT2D eigenvalue weighted by Gasteiger charge is 2.79. The molecule has 3 saturated carbocycles. The van der Waals surface area contributed by atoms with Gasteiger partial charge in [-0.05, 0) is 61.3 Å². The van der Waals surface area contributed by atoms with E-state index in [2.05, 4.69) is 47.3 Å². The number of fused-ring (bicyclic) bond motifs is 1. The molecule has 5 rings (SSSR count). The zero-order valence-corrected chi connectivity index (χ0v) is 15.7. The molecule has 8 atom stereocenters. The second-order valence-electron chi connectivity index (χ2n) is 10.2. The molecule has 2 nitrogen and oxygen atoms in total. The molecule has 130 valence electrons. The van der Waals surface area contributed by atoms with Crippen LogP contribution in [-0.4, -0.2) is 11.6 Å². The van der Waals surface area contributed by atoms with E-state index in [1.165, 1.54) is 17.6 Å². The summed E-state index contributed by atoms with van der Waals surface area (Å²) < 4.78 is 6.34. The smallest absolute Gasteiger partial charge is 0.313 e. The Balaban J connectivity index is 1.78. The Bertz CT molecular complexity index is 719. The molecule has 0 aromatic rings. The van der Waals surface area contributed by atoms with Crippen molar-refractivity contribution in [2.45, 2.75) is 65.9 Å². The predicted octanol–water partition coefficient (Wildman–Crippen LogP) is 4.90. The summed E-state index contributed by atoms with van der Waals surface area (Å²) in [6, 6.07) is 0. The Morgan fingerprint density at radius 2 is 1.96 bits per heavy atom. The first kappa shape index (κ1) is 15.2. The lowest BCUT2D eigenvalue weighted by Crippen LogP contribution is -2.47. The van der Waals surface area contributed by atoms with Gasteiger partial charge in [0.1, 0.15) is 5.60 Å². The maximum absolute atomic E-state index is 13.0. The van der Waals surface area contributed by atoms with E-state index in [0.29, 0.717) is 23.7 Å². The van der Waals surface area contributed by atoms with Crippen molar-refractivity contribution in [1.29, 1.82) is 0 Å². The van der Waals surface area contributed by atoms with E-state index < -0.39 is 0 Å². The van der Waals surface area contributed by atoms with Gasteiger partial charge >= 0.3 is 5.97 Å². The molecule has 24 heavy (non-hydrogen) atoms. The van der Waals surface area contributed by atoms with Gasteiger partial charge in [-0.25, -0.2) is 0 Å². The molecule has 0 amide bonds. The van der Waals surface area contributed by atoms with Crippen molar-refractivity contribution in [3.63, 3.8) is 0 Å². The van der Waals surface area contributed by atoms with Gasteiger partial charge in [-0.1, -0.05) is 45.9 Å². The lowest BCUT2D eigenvalue weighted by Gasteiger charge is -2.43. The van der Waals surface area contributed by atoms with E-state index in [4.69, 9.17) is 4.74 Å². The first-order chi connectivity index (χ1) is 11.1. The number of rotatable bonds is 0. The zero-order valence-electron chi connectivity index (χ0n) is 15.7. The Kier molecular flexibility index (Phi) is 2.45. The third-order valence-electron chi connectivity index (χ3n) is 9.64. The van der Waals surface area contributed by atoms with Gasteiger partial charge in [-0.2, -0.15) is 0 Å². The van der Waals surface area contributed by atoms with Gasteiger partial charge in [0.15, 0.2) is 0 Å². The molecule has 0 radical (unpaired) electrons. The van der Waals surface area contributed by atoms with Crippen LogP contribution in [0.2, 0.25) is 0 Å². The van der Waals surface area contributed by atoms with Crippen LogP contribution >= 0.6 is 0 Å². The third kappa shape index (κ3) is 1.21. The second-order valence-corrected chi connectivity index (χ2v) is 10.2. The van der Waals surface area contributed by atoms with Crippen molar-refractivity contribution in [1.82, 2.24) is 0 Å². The molecule has 5 aliphatic rings. The second kappa shape index (κ2) is 3.86. The fraction of sp³-hybridized carbons (Fsp3) is 0.773. The summed E-state index contributed by atoms with van der Waals surface area (Å²) in [5.41, 5.74) is 2.70. The molecule has 0 aromatic carbocycles. The van der Waals surface area contributed by atoms with Crippen LogP contribution in [0.25, 0.3) is 0 Å². The molecule has 4 bridgehead atoms. The Morgan fingerprint density at radius 3 is 2.67 bits per heavy atom. The summed E-state index contributed by atoms with van der Waals surface area (Å²) in [5.74, 6) is 1.80. The van der Waals surface area contributed by atoms with E-state index in [1.54, 1.807) is 0 Å². The van der Waals surface area contributed by atoms with Gasteiger partial charge in [0.25, 0.3) is 0 Å². The van der Waals surface area contributed by atoms with Crippen molar-refractivity contribution < 1.29 is 9.53 Å². The standard InChI is InChI=1S/C22H30O2/c1-12-7-8-22-16-9-13(2)19(5)11-21(16,10-14(19)3)15(4)17(22)20(12,6)18(23)24-22/h9,12-13,15,17H,3,7-8,10-11H2,1-2,4-6H3/t12?,13?,15-,17?,19-,20+,21+,22+/m0/s1. The normalized spacial score (nSPS) is 60.6. The molecular weight excluding hydrogens is 296 g/mol. The molecule has 1 aliphatic heterocycles. The topological polar surface area (TPSA) is 26.3 Å². The average molecular weight is 326 g/mol. The predicted molar refractivity (Wildman–Crippen MR) is 94.1 cm³/mol. The zero-order chi connectivity index (χ0) is 17.3. The number of ether oxygens (including phenoxy) is 1. The fourth-order valence-electron chi connectivity index (χ4n) is 7.82. The van der Waals surface area contributed by atoms with Crippen molar-refractivity contribution in [2.24, 2.45) is 39.9 Å². The molecule has 1 spiro atoms. The van der Waals surface area contributed by atoms with Crippen molar-refractivity contribution in [3.8, 4) is 0 Å². The van der Waals surface area contributed by atoms with E-state index in [-0.39, 0.29) is 27.8 Å². The number of carbonyl (C=O) groups is 1. The summed E-state index contributed by atoms with van der Waals surface area (Å²) in [4.78, 5) is 13.0. The first-order valence-electron chi connectivity index (χ1n) is 9.77. The van der Waals surface area contributed by atoms with E-state index in [9.17, 15) is 4.79 Å². The van der Waals surface area contributed by atoms with Gasteiger partial charge in [0, 0.05) is 11.3 Å². The average Bonchev–Trinajstić information content (AvgIpc) is 2.94. The minimum atomic E-state index is -0.311.